The van der Waals surface area contributed by atoms with Crippen molar-refractivity contribution in [3.63, 3.8) is 0 Å². The molecule has 1 aromatic heterocycles. The van der Waals surface area contributed by atoms with Gasteiger partial charge >= 0.3 is 0 Å². The lowest BCUT2D eigenvalue weighted by Crippen LogP contribution is -2.56. The lowest BCUT2D eigenvalue weighted by Gasteiger charge is -2.54. The second kappa shape index (κ2) is 6.22. The van der Waals surface area contributed by atoms with Gasteiger partial charge in [-0.3, -0.25) is 9.48 Å². The maximum atomic E-state index is 13.0. The summed E-state index contributed by atoms with van der Waals surface area (Å²) in [5.41, 5.74) is -0.0434. The second-order valence-corrected chi connectivity index (χ2v) is 8.55. The molecule has 0 radical (unpaired) electrons. The number of carbonyl (C=O) groups is 1. The Morgan fingerprint density at radius 3 is 2.24 bits per heavy atom. The molecule has 1 unspecified atom stereocenters. The molecule has 5 rings (SSSR count). The van der Waals surface area contributed by atoms with Crippen LogP contribution in [0.25, 0.3) is 0 Å². The third-order valence-corrected chi connectivity index (χ3v) is 7.06. The number of halogens is 3. The molecule has 4 aliphatic carbocycles. The summed E-state index contributed by atoms with van der Waals surface area (Å²) < 4.78 is 27.3. The van der Waals surface area contributed by atoms with Gasteiger partial charge in [0.2, 0.25) is 5.91 Å². The molecule has 0 aromatic carbocycles. The molecular weight excluding hydrogens is 348 g/mol. The molecule has 1 aromatic rings. The average molecular weight is 372 g/mol. The summed E-state index contributed by atoms with van der Waals surface area (Å²) in [5, 5.41) is 7.05. The molecule has 138 valence electrons. The fourth-order valence-corrected chi connectivity index (χ4v) is 5.80. The topological polar surface area (TPSA) is 46.9 Å². The number of nitrogens with zero attached hydrogens (tertiary/aromatic N) is 2. The van der Waals surface area contributed by atoms with Crippen LogP contribution in [0, 0.1) is 30.6 Å². The number of hydrogen-bond acceptors (Lipinski definition) is 2. The highest BCUT2D eigenvalue weighted by Gasteiger charge is 2.48. The van der Waals surface area contributed by atoms with Gasteiger partial charge in [-0.25, -0.2) is 8.78 Å². The van der Waals surface area contributed by atoms with Crippen molar-refractivity contribution >= 4 is 17.5 Å². The van der Waals surface area contributed by atoms with E-state index in [-0.39, 0.29) is 17.0 Å². The van der Waals surface area contributed by atoms with E-state index in [2.05, 4.69) is 10.4 Å². The number of hydrogen-bond donors (Lipinski definition) is 1. The van der Waals surface area contributed by atoms with E-state index in [1.54, 1.807) is 13.8 Å². The van der Waals surface area contributed by atoms with Crippen LogP contribution < -0.4 is 5.32 Å². The van der Waals surface area contributed by atoms with Gasteiger partial charge in [0.15, 0.2) is 0 Å². The first-order valence-electron chi connectivity index (χ1n) is 9.18. The summed E-state index contributed by atoms with van der Waals surface area (Å²) in [6.07, 6.45) is 3.49. The Balaban J connectivity index is 1.49. The molecule has 1 atom stereocenters. The van der Waals surface area contributed by atoms with Crippen LogP contribution in [0.5, 0.6) is 0 Å². The Bertz CT molecular complexity index is 662. The first-order valence-corrected chi connectivity index (χ1v) is 9.56. The second-order valence-electron chi connectivity index (χ2n) is 8.17. The Hall–Kier alpha value is -1.17. The molecule has 1 amide bonds. The minimum absolute atomic E-state index is 0.0516. The summed E-state index contributed by atoms with van der Waals surface area (Å²) in [7, 11) is 0. The Labute approximate surface area is 151 Å². The van der Waals surface area contributed by atoms with Gasteiger partial charge in [0.05, 0.1) is 10.7 Å². The zero-order valence-electron chi connectivity index (χ0n) is 14.5. The minimum atomic E-state index is -2.74. The molecule has 1 heterocycles. The summed E-state index contributed by atoms with van der Waals surface area (Å²) in [6, 6.07) is -0.425. The molecule has 4 aliphatic rings. The molecule has 4 fully saturated rings. The van der Waals surface area contributed by atoms with Crippen LogP contribution in [-0.4, -0.2) is 21.7 Å². The van der Waals surface area contributed by atoms with E-state index in [0.717, 1.165) is 11.8 Å². The zero-order chi connectivity index (χ0) is 17.9. The lowest BCUT2D eigenvalue weighted by molar-refractivity contribution is -0.128. The number of nitrogens with one attached hydrogen (secondary N) is 1. The molecule has 7 heteroatoms. The smallest absolute Gasteiger partial charge is 0.283 e. The molecule has 4 saturated carbocycles. The maximum Gasteiger partial charge on any atom is 0.283 e. The molecule has 0 aliphatic heterocycles. The average Bonchev–Trinajstić information content (AvgIpc) is 2.85. The van der Waals surface area contributed by atoms with Crippen LogP contribution in [0.1, 0.15) is 62.9 Å². The number of alkyl halides is 2. The van der Waals surface area contributed by atoms with Crippen molar-refractivity contribution in [1.29, 1.82) is 0 Å². The lowest BCUT2D eigenvalue weighted by atomic mass is 9.54. The van der Waals surface area contributed by atoms with Crippen LogP contribution in [0.2, 0.25) is 5.02 Å². The summed E-state index contributed by atoms with van der Waals surface area (Å²) >= 11 is 5.95. The third kappa shape index (κ3) is 2.86. The largest absolute Gasteiger partial charge is 0.351 e. The van der Waals surface area contributed by atoms with Crippen molar-refractivity contribution in [1.82, 2.24) is 15.1 Å². The summed E-state index contributed by atoms with van der Waals surface area (Å²) in [6.45, 7) is 3.31. The van der Waals surface area contributed by atoms with Crippen molar-refractivity contribution in [2.45, 2.75) is 64.5 Å². The predicted octanol–water partition coefficient (Wildman–Crippen LogP) is 4.28. The van der Waals surface area contributed by atoms with E-state index < -0.39 is 18.2 Å². The van der Waals surface area contributed by atoms with Crippen LogP contribution in [0.4, 0.5) is 8.78 Å². The van der Waals surface area contributed by atoms with Crippen molar-refractivity contribution < 1.29 is 13.6 Å². The highest BCUT2D eigenvalue weighted by Crippen LogP contribution is 2.53. The summed E-state index contributed by atoms with van der Waals surface area (Å²) in [4.78, 5) is 12.8. The van der Waals surface area contributed by atoms with Crippen molar-refractivity contribution in [3.05, 3.63) is 16.4 Å². The Morgan fingerprint density at radius 1 is 1.20 bits per heavy atom. The number of aromatic nitrogens is 2. The molecule has 0 saturated heterocycles. The fraction of sp³-hybridized carbons (Fsp3) is 0.778. The fourth-order valence-electron chi connectivity index (χ4n) is 5.59. The highest BCUT2D eigenvalue weighted by molar-refractivity contribution is 6.31. The Morgan fingerprint density at radius 2 is 1.76 bits per heavy atom. The molecular formula is C18H24ClF2N3O. The monoisotopic (exact) mass is 371 g/mol. The highest BCUT2D eigenvalue weighted by atomic mass is 35.5. The van der Waals surface area contributed by atoms with E-state index in [1.807, 2.05) is 0 Å². The molecule has 4 bridgehead atoms. The van der Waals surface area contributed by atoms with Crippen LogP contribution in [0.3, 0.4) is 0 Å². The number of amides is 1. The van der Waals surface area contributed by atoms with E-state index in [0.29, 0.717) is 17.5 Å². The minimum Gasteiger partial charge on any atom is -0.351 e. The van der Waals surface area contributed by atoms with Gasteiger partial charge in [0, 0.05) is 6.04 Å². The van der Waals surface area contributed by atoms with E-state index in [9.17, 15) is 13.6 Å². The van der Waals surface area contributed by atoms with Gasteiger partial charge in [0.25, 0.3) is 6.43 Å². The van der Waals surface area contributed by atoms with E-state index in [4.69, 9.17) is 11.6 Å². The predicted molar refractivity (Wildman–Crippen MR) is 90.6 cm³/mol. The maximum absolute atomic E-state index is 13.0. The van der Waals surface area contributed by atoms with Gasteiger partial charge in [-0.15, -0.1) is 0 Å². The van der Waals surface area contributed by atoms with Gasteiger partial charge in [-0.2, -0.15) is 5.10 Å². The van der Waals surface area contributed by atoms with Crippen molar-refractivity contribution in [2.24, 2.45) is 23.7 Å². The SMILES string of the molecule is Cc1c(Cl)c(C(F)F)nn1C(C)C(=O)NC1C2CC3CC(C2)CC1C3. The first kappa shape index (κ1) is 17.3. The Kier molecular flexibility index (Phi) is 4.29. The van der Waals surface area contributed by atoms with Gasteiger partial charge in [0.1, 0.15) is 11.7 Å². The van der Waals surface area contributed by atoms with Crippen molar-refractivity contribution in [2.75, 3.05) is 0 Å². The first-order chi connectivity index (χ1) is 11.8. The van der Waals surface area contributed by atoms with Crippen LogP contribution in [-0.2, 0) is 4.79 Å². The van der Waals surface area contributed by atoms with Crippen molar-refractivity contribution in [3.8, 4) is 0 Å². The van der Waals surface area contributed by atoms with Gasteiger partial charge in [-0.1, -0.05) is 11.6 Å². The zero-order valence-corrected chi connectivity index (χ0v) is 15.3. The number of rotatable bonds is 4. The van der Waals surface area contributed by atoms with Gasteiger partial charge in [-0.05, 0) is 69.6 Å². The number of carbonyl (C=O) groups excluding carboxylic acids is 1. The van der Waals surface area contributed by atoms with E-state index >= 15 is 0 Å². The molecule has 4 nitrogen and oxygen atoms in total. The normalized spacial score (nSPS) is 34.6. The quantitative estimate of drug-likeness (QED) is 0.858. The summed E-state index contributed by atoms with van der Waals surface area (Å²) in [5.74, 6) is 2.68. The third-order valence-electron chi connectivity index (χ3n) is 6.59. The van der Waals surface area contributed by atoms with Gasteiger partial charge < -0.3 is 5.32 Å². The standard InChI is InChI=1S/C18H24ClF2N3O/c1-8-14(19)16(17(20)21)23-24(8)9(2)18(25)22-15-12-4-10-3-11(6-12)7-13(15)5-10/h9-13,15,17H,3-7H2,1-2H3,(H,22,25). The molecule has 0 spiro atoms. The molecule has 25 heavy (non-hydrogen) atoms. The molecule has 1 N–H and O–H groups in total. The van der Waals surface area contributed by atoms with Crippen LogP contribution >= 0.6 is 11.6 Å². The van der Waals surface area contributed by atoms with Crippen LogP contribution in [0.15, 0.2) is 0 Å². The van der Waals surface area contributed by atoms with E-state index in [1.165, 1.54) is 36.8 Å².